The normalized spacial score (nSPS) is 23.2. The first kappa shape index (κ1) is 20.1. The van der Waals surface area contributed by atoms with Crippen LogP contribution in [0.5, 0.6) is 0 Å². The lowest BCUT2D eigenvalue weighted by Crippen LogP contribution is -2.47. The molecule has 1 atom stereocenters. The minimum atomic E-state index is -2.82. The summed E-state index contributed by atoms with van der Waals surface area (Å²) in [5.41, 5.74) is 0.612. The van der Waals surface area contributed by atoms with Gasteiger partial charge in [0.25, 0.3) is 5.92 Å². The molecular weight excluding hydrogens is 373 g/mol. The van der Waals surface area contributed by atoms with Crippen LogP contribution in [0.25, 0.3) is 0 Å². The lowest BCUT2D eigenvalue weighted by Gasteiger charge is -2.33. The van der Waals surface area contributed by atoms with Crippen molar-refractivity contribution in [2.24, 2.45) is 5.92 Å². The number of hydrogen-bond acceptors (Lipinski definition) is 3. The molecule has 2 aliphatic heterocycles. The third-order valence-corrected chi connectivity index (χ3v) is 4.97. The molecule has 2 fully saturated rings. The fraction of sp³-hybridized carbons (Fsp3) is 0.529. The summed E-state index contributed by atoms with van der Waals surface area (Å²) in [5.74, 6) is -3.20. The predicted molar refractivity (Wildman–Crippen MR) is 93.7 cm³/mol. The molecule has 2 saturated heterocycles. The Bertz CT molecular complexity index is 632. The smallest absolute Gasteiger partial charge is 0.262 e. The average molecular weight is 393 g/mol. The Kier molecular flexibility index (Phi) is 6.40. The second-order valence-corrected chi connectivity index (χ2v) is 6.90. The summed E-state index contributed by atoms with van der Waals surface area (Å²) < 4.78 is 26.4. The van der Waals surface area contributed by atoms with Gasteiger partial charge in [0.15, 0.2) is 5.78 Å². The van der Waals surface area contributed by atoms with Crippen molar-refractivity contribution in [3.63, 3.8) is 0 Å². The number of amides is 1. The number of carbonyl (C=O) groups excluding carboxylic acids is 2. The van der Waals surface area contributed by atoms with Crippen LogP contribution in [-0.4, -0.2) is 48.2 Å². The summed E-state index contributed by atoms with van der Waals surface area (Å²) >= 11 is 5.82. The van der Waals surface area contributed by atoms with Crippen LogP contribution in [-0.2, 0) is 4.79 Å². The number of piperidine rings is 1. The topological polar surface area (TPSA) is 49.4 Å². The maximum atomic E-state index is 13.2. The highest BCUT2D eigenvalue weighted by molar-refractivity contribution is 6.30. The molecule has 0 aliphatic carbocycles. The Morgan fingerprint density at radius 3 is 2.28 bits per heavy atom. The van der Waals surface area contributed by atoms with E-state index in [2.05, 4.69) is 5.32 Å². The second kappa shape index (κ2) is 7.98. The molecule has 0 saturated carbocycles. The summed E-state index contributed by atoms with van der Waals surface area (Å²) in [4.78, 5) is 26.4. The zero-order valence-corrected chi connectivity index (χ0v) is 15.1. The predicted octanol–water partition coefficient (Wildman–Crippen LogP) is 3.18. The Balaban J connectivity index is 0.00000225. The molecule has 2 aliphatic rings. The minimum Gasteiger partial charge on any atom is -0.341 e. The highest BCUT2D eigenvalue weighted by Crippen LogP contribution is 2.28. The van der Waals surface area contributed by atoms with Crippen LogP contribution in [0.15, 0.2) is 24.3 Å². The molecule has 3 rings (SSSR count). The molecule has 25 heavy (non-hydrogen) atoms. The standard InChI is InChI=1S/C17H19ClF2N2O2.ClH/c18-13-3-1-11(2-4-13)15(23)12-5-7-22(8-6-12)16(24)14-9-17(19,20)10-21-14;/h1-4,12,14,21H,5-10H2;1H. The zero-order chi connectivity index (χ0) is 17.3. The van der Waals surface area contributed by atoms with Gasteiger partial charge >= 0.3 is 0 Å². The summed E-state index contributed by atoms with van der Waals surface area (Å²) in [6.45, 7) is 0.397. The van der Waals surface area contributed by atoms with Crippen LogP contribution in [0, 0.1) is 5.92 Å². The highest BCUT2D eigenvalue weighted by Gasteiger charge is 2.44. The number of benzene rings is 1. The Morgan fingerprint density at radius 1 is 1.16 bits per heavy atom. The largest absolute Gasteiger partial charge is 0.341 e. The molecule has 1 N–H and O–H groups in total. The van der Waals surface area contributed by atoms with Crippen molar-refractivity contribution in [2.45, 2.75) is 31.2 Å². The van der Waals surface area contributed by atoms with Gasteiger partial charge in [-0.15, -0.1) is 12.4 Å². The summed E-state index contributed by atoms with van der Waals surface area (Å²) in [5, 5.41) is 3.17. The first-order valence-corrected chi connectivity index (χ1v) is 8.43. The Morgan fingerprint density at radius 2 is 1.76 bits per heavy atom. The fourth-order valence-corrected chi connectivity index (χ4v) is 3.45. The van der Waals surface area contributed by atoms with Gasteiger partial charge in [-0.2, -0.15) is 0 Å². The third kappa shape index (κ3) is 4.68. The zero-order valence-electron chi connectivity index (χ0n) is 13.5. The van der Waals surface area contributed by atoms with Crippen molar-refractivity contribution in [2.75, 3.05) is 19.6 Å². The number of alkyl halides is 2. The van der Waals surface area contributed by atoms with Gasteiger partial charge in [-0.3, -0.25) is 14.9 Å². The summed E-state index contributed by atoms with van der Waals surface area (Å²) in [6, 6.07) is 5.95. The molecule has 0 radical (unpaired) electrons. The van der Waals surface area contributed by atoms with Crippen molar-refractivity contribution in [3.05, 3.63) is 34.9 Å². The van der Waals surface area contributed by atoms with E-state index in [4.69, 9.17) is 11.6 Å². The maximum Gasteiger partial charge on any atom is 0.262 e. The first-order chi connectivity index (χ1) is 11.4. The minimum absolute atomic E-state index is 0. The van der Waals surface area contributed by atoms with Gasteiger partial charge in [-0.05, 0) is 37.1 Å². The molecule has 8 heteroatoms. The van der Waals surface area contributed by atoms with E-state index in [1.54, 1.807) is 29.2 Å². The monoisotopic (exact) mass is 392 g/mol. The van der Waals surface area contributed by atoms with Crippen LogP contribution in [0.2, 0.25) is 5.02 Å². The number of nitrogens with zero attached hydrogens (tertiary/aromatic N) is 1. The van der Waals surface area contributed by atoms with Crippen molar-refractivity contribution in [1.29, 1.82) is 0 Å². The molecule has 1 aromatic rings. The van der Waals surface area contributed by atoms with E-state index in [0.717, 1.165) is 0 Å². The van der Waals surface area contributed by atoms with E-state index >= 15 is 0 Å². The van der Waals surface area contributed by atoms with E-state index in [1.165, 1.54) is 0 Å². The number of halogens is 4. The number of likely N-dealkylation sites (tertiary alicyclic amines) is 1. The third-order valence-electron chi connectivity index (χ3n) is 4.71. The number of carbonyl (C=O) groups is 2. The van der Waals surface area contributed by atoms with E-state index in [9.17, 15) is 18.4 Å². The summed E-state index contributed by atoms with van der Waals surface area (Å²) in [7, 11) is 0. The number of nitrogens with one attached hydrogen (secondary N) is 1. The molecule has 1 amide bonds. The number of Topliss-reactive ketones (excluding diaryl/α,β-unsaturated/α-hetero) is 1. The Labute approximate surface area is 156 Å². The van der Waals surface area contributed by atoms with Gasteiger partial charge in [0.05, 0.1) is 12.6 Å². The van der Waals surface area contributed by atoms with Crippen LogP contribution in [0.1, 0.15) is 29.6 Å². The van der Waals surface area contributed by atoms with E-state index in [0.29, 0.717) is 36.5 Å². The van der Waals surface area contributed by atoms with Crippen LogP contribution < -0.4 is 5.32 Å². The summed E-state index contributed by atoms with van der Waals surface area (Å²) in [6.07, 6.45) is 0.655. The molecule has 0 spiro atoms. The van der Waals surface area contributed by atoms with Crippen molar-refractivity contribution >= 4 is 35.7 Å². The first-order valence-electron chi connectivity index (χ1n) is 8.05. The van der Waals surface area contributed by atoms with Crippen molar-refractivity contribution < 1.29 is 18.4 Å². The molecule has 0 bridgehead atoms. The Hall–Kier alpha value is -1.24. The second-order valence-electron chi connectivity index (χ2n) is 6.46. The van der Waals surface area contributed by atoms with Crippen molar-refractivity contribution in [3.8, 4) is 0 Å². The molecular formula is C17H20Cl2F2N2O2. The van der Waals surface area contributed by atoms with E-state index < -0.39 is 24.9 Å². The van der Waals surface area contributed by atoms with Gasteiger partial charge in [0.2, 0.25) is 5.91 Å². The van der Waals surface area contributed by atoms with Gasteiger partial charge in [0.1, 0.15) is 0 Å². The number of hydrogen-bond donors (Lipinski definition) is 1. The molecule has 4 nitrogen and oxygen atoms in total. The molecule has 1 unspecified atom stereocenters. The van der Waals surface area contributed by atoms with E-state index in [1.807, 2.05) is 0 Å². The lowest BCUT2D eigenvalue weighted by atomic mass is 9.88. The van der Waals surface area contributed by atoms with E-state index in [-0.39, 0.29) is 30.0 Å². The molecule has 2 heterocycles. The molecule has 1 aromatic carbocycles. The number of rotatable bonds is 3. The fourth-order valence-electron chi connectivity index (χ4n) is 3.32. The average Bonchev–Trinajstić information content (AvgIpc) is 2.94. The molecule has 138 valence electrons. The van der Waals surface area contributed by atoms with Crippen molar-refractivity contribution in [1.82, 2.24) is 10.2 Å². The van der Waals surface area contributed by atoms with Gasteiger partial charge in [-0.25, -0.2) is 8.78 Å². The molecule has 0 aromatic heterocycles. The van der Waals surface area contributed by atoms with Crippen LogP contribution >= 0.6 is 24.0 Å². The lowest BCUT2D eigenvalue weighted by molar-refractivity contribution is -0.135. The number of ketones is 1. The van der Waals surface area contributed by atoms with Gasteiger partial charge in [0, 0.05) is 36.0 Å². The SMILES string of the molecule is Cl.O=C(c1ccc(Cl)cc1)C1CCN(C(=O)C2CC(F)(F)CN2)CC1. The van der Waals surface area contributed by atoms with Gasteiger partial charge in [-0.1, -0.05) is 11.6 Å². The maximum absolute atomic E-state index is 13.2. The quantitative estimate of drug-likeness (QED) is 0.803. The highest BCUT2D eigenvalue weighted by atomic mass is 35.5. The van der Waals surface area contributed by atoms with Crippen LogP contribution in [0.4, 0.5) is 8.78 Å². The van der Waals surface area contributed by atoms with Gasteiger partial charge < -0.3 is 4.90 Å². The van der Waals surface area contributed by atoms with Crippen LogP contribution in [0.3, 0.4) is 0 Å².